The molecular weight excluding hydrogens is 456 g/mol. The standard InChI is InChI=1S/C20H40N4O10/c1-6(25)14-11(27)10(26)9(23)18(32-14)33-15-7(21)4-8(22)16(12(15)28)34-19-13(29)17(24-3)20(2,30)5-31-19/h6-19,24-30H,4-5,21-23H2,1-3H3/t6-,7+,8-,9-,10-,11+,12+,13+,14-,15-,16+,17+,18-,19+,20-/m1/s1. The van der Waals surface area contributed by atoms with Crippen LogP contribution in [0.4, 0.5) is 0 Å². The zero-order valence-corrected chi connectivity index (χ0v) is 19.5. The number of hydrogen-bond donors (Lipinski definition) is 10. The van der Waals surface area contributed by atoms with Crippen LogP contribution >= 0.6 is 0 Å². The molecule has 14 heteroatoms. The van der Waals surface area contributed by atoms with Gasteiger partial charge in [0.25, 0.3) is 0 Å². The highest BCUT2D eigenvalue weighted by molar-refractivity contribution is 5.02. The number of ether oxygens (including phenoxy) is 4. The summed E-state index contributed by atoms with van der Waals surface area (Å²) in [6.45, 7) is 2.75. The Hall–Kier alpha value is -0.560. The van der Waals surface area contributed by atoms with Crippen LogP contribution in [0.15, 0.2) is 0 Å². The van der Waals surface area contributed by atoms with Crippen LogP contribution < -0.4 is 22.5 Å². The first-order valence-corrected chi connectivity index (χ1v) is 11.4. The Morgan fingerprint density at radius 1 is 0.941 bits per heavy atom. The molecular formula is C20H40N4O10. The molecule has 15 atom stereocenters. The normalized spacial score (nSPS) is 53.5. The fraction of sp³-hybridized carbons (Fsp3) is 1.00. The van der Waals surface area contributed by atoms with Crippen LogP contribution in [0.3, 0.4) is 0 Å². The molecule has 3 aliphatic rings. The third-order valence-corrected chi connectivity index (χ3v) is 6.95. The van der Waals surface area contributed by atoms with Crippen molar-refractivity contribution in [3.8, 4) is 0 Å². The number of likely N-dealkylation sites (N-methyl/N-ethyl adjacent to an activating group) is 1. The summed E-state index contributed by atoms with van der Waals surface area (Å²) in [5.41, 5.74) is 17.0. The molecule has 14 nitrogen and oxygen atoms in total. The molecule has 2 heterocycles. The van der Waals surface area contributed by atoms with Gasteiger partial charge in [-0.3, -0.25) is 0 Å². The van der Waals surface area contributed by atoms with E-state index in [1.165, 1.54) is 13.8 Å². The van der Waals surface area contributed by atoms with Gasteiger partial charge in [0.2, 0.25) is 0 Å². The monoisotopic (exact) mass is 496 g/mol. The fourth-order valence-electron chi connectivity index (χ4n) is 4.95. The molecule has 0 amide bonds. The summed E-state index contributed by atoms with van der Waals surface area (Å²) in [5.74, 6) is 0. The van der Waals surface area contributed by atoms with E-state index < -0.39 is 91.2 Å². The van der Waals surface area contributed by atoms with Crippen molar-refractivity contribution in [1.29, 1.82) is 0 Å². The minimum absolute atomic E-state index is 0.135. The molecule has 0 spiro atoms. The molecule has 13 N–H and O–H groups in total. The van der Waals surface area contributed by atoms with Gasteiger partial charge in [-0.05, 0) is 27.3 Å². The van der Waals surface area contributed by atoms with Crippen molar-refractivity contribution in [2.45, 2.75) is 111 Å². The van der Waals surface area contributed by atoms with E-state index in [1.807, 2.05) is 0 Å². The van der Waals surface area contributed by atoms with E-state index in [-0.39, 0.29) is 13.0 Å². The quantitative estimate of drug-likeness (QED) is 0.165. The summed E-state index contributed by atoms with van der Waals surface area (Å²) in [7, 11) is 1.58. The summed E-state index contributed by atoms with van der Waals surface area (Å²) >= 11 is 0. The molecule has 1 aliphatic carbocycles. The lowest BCUT2D eigenvalue weighted by Gasteiger charge is -2.49. The van der Waals surface area contributed by atoms with Crippen LogP contribution in [0.1, 0.15) is 20.3 Å². The molecule has 2 saturated heterocycles. The Morgan fingerprint density at radius 3 is 2.03 bits per heavy atom. The lowest BCUT2D eigenvalue weighted by atomic mass is 9.84. The van der Waals surface area contributed by atoms with Crippen molar-refractivity contribution in [3.63, 3.8) is 0 Å². The molecule has 2 aliphatic heterocycles. The summed E-state index contributed by atoms with van der Waals surface area (Å²) in [6, 6.07) is -3.47. The molecule has 0 aromatic rings. The first-order valence-electron chi connectivity index (χ1n) is 11.4. The molecule has 3 fully saturated rings. The number of rotatable bonds is 6. The lowest BCUT2D eigenvalue weighted by Crippen LogP contribution is -2.69. The van der Waals surface area contributed by atoms with E-state index in [4.69, 9.17) is 36.1 Å². The first-order chi connectivity index (χ1) is 15.8. The van der Waals surface area contributed by atoms with Crippen molar-refractivity contribution >= 4 is 0 Å². The largest absolute Gasteiger partial charge is 0.391 e. The van der Waals surface area contributed by atoms with Gasteiger partial charge in [-0.25, -0.2) is 0 Å². The smallest absolute Gasteiger partial charge is 0.185 e. The number of aliphatic hydroxyl groups excluding tert-OH is 5. The van der Waals surface area contributed by atoms with Crippen LogP contribution in [0.25, 0.3) is 0 Å². The van der Waals surface area contributed by atoms with E-state index >= 15 is 0 Å². The number of aliphatic hydroxyl groups is 6. The van der Waals surface area contributed by atoms with Crippen LogP contribution in [0.2, 0.25) is 0 Å². The van der Waals surface area contributed by atoms with E-state index in [9.17, 15) is 30.6 Å². The molecule has 0 radical (unpaired) electrons. The van der Waals surface area contributed by atoms with Crippen molar-refractivity contribution in [3.05, 3.63) is 0 Å². The third kappa shape index (κ3) is 5.40. The summed E-state index contributed by atoms with van der Waals surface area (Å²) < 4.78 is 22.8. The van der Waals surface area contributed by atoms with Gasteiger partial charge >= 0.3 is 0 Å². The Balaban J connectivity index is 1.73. The van der Waals surface area contributed by atoms with Gasteiger partial charge in [0.05, 0.1) is 24.8 Å². The molecule has 0 unspecified atom stereocenters. The molecule has 0 bridgehead atoms. The molecule has 1 saturated carbocycles. The zero-order chi connectivity index (χ0) is 25.5. The van der Waals surface area contributed by atoms with Crippen LogP contribution in [0.5, 0.6) is 0 Å². The second-order valence-electron chi connectivity index (χ2n) is 9.82. The van der Waals surface area contributed by atoms with E-state index in [1.54, 1.807) is 7.05 Å². The molecule has 0 aromatic heterocycles. The van der Waals surface area contributed by atoms with Gasteiger partial charge in [0, 0.05) is 12.1 Å². The predicted molar refractivity (Wildman–Crippen MR) is 116 cm³/mol. The topological polar surface area (TPSA) is 248 Å². The highest BCUT2D eigenvalue weighted by Gasteiger charge is 2.52. The van der Waals surface area contributed by atoms with Gasteiger partial charge in [-0.15, -0.1) is 0 Å². The van der Waals surface area contributed by atoms with Gasteiger partial charge in [0.15, 0.2) is 12.6 Å². The van der Waals surface area contributed by atoms with Crippen molar-refractivity contribution in [1.82, 2.24) is 5.32 Å². The average Bonchev–Trinajstić information content (AvgIpc) is 2.75. The lowest BCUT2D eigenvalue weighted by molar-refractivity contribution is -0.319. The van der Waals surface area contributed by atoms with Gasteiger partial charge in [-0.1, -0.05) is 0 Å². The number of nitrogens with two attached hydrogens (primary N) is 3. The zero-order valence-electron chi connectivity index (χ0n) is 19.5. The van der Waals surface area contributed by atoms with Gasteiger partial charge in [0.1, 0.15) is 48.3 Å². The third-order valence-electron chi connectivity index (χ3n) is 6.95. The van der Waals surface area contributed by atoms with Gasteiger partial charge in [-0.2, -0.15) is 0 Å². The highest BCUT2D eigenvalue weighted by Crippen LogP contribution is 2.32. The Bertz CT molecular complexity index is 675. The SMILES string of the molecule is CN[C@H]1[C@H](O)[C@H](O[C@@H]2[C@@H](O)[C@H](O[C@H]3O[C@H]([C@@H](C)O)[C@@H](O)[C@H](O)[C@H]3N)[C@@H](N)C[C@H]2N)OC[C@@]1(C)O. The minimum Gasteiger partial charge on any atom is -0.391 e. The van der Waals surface area contributed by atoms with E-state index in [0.29, 0.717) is 0 Å². The first kappa shape index (κ1) is 28.0. The molecule has 3 rings (SSSR count). The van der Waals surface area contributed by atoms with E-state index in [2.05, 4.69) is 5.32 Å². The predicted octanol–water partition coefficient (Wildman–Crippen LogP) is -5.61. The Morgan fingerprint density at radius 2 is 1.50 bits per heavy atom. The second-order valence-corrected chi connectivity index (χ2v) is 9.82. The van der Waals surface area contributed by atoms with Gasteiger partial charge < -0.3 is 72.1 Å². The summed E-state index contributed by atoms with van der Waals surface area (Å²) in [6.07, 6.45) is -12.4. The molecule has 200 valence electrons. The fourth-order valence-corrected chi connectivity index (χ4v) is 4.95. The maximum atomic E-state index is 11.1. The summed E-state index contributed by atoms with van der Waals surface area (Å²) in [5, 5.41) is 65.2. The maximum Gasteiger partial charge on any atom is 0.185 e. The van der Waals surface area contributed by atoms with Crippen molar-refractivity contribution < 1.29 is 49.6 Å². The Labute approximate surface area is 197 Å². The maximum absolute atomic E-state index is 11.1. The van der Waals surface area contributed by atoms with E-state index in [0.717, 1.165) is 0 Å². The summed E-state index contributed by atoms with van der Waals surface area (Å²) in [4.78, 5) is 0. The highest BCUT2D eigenvalue weighted by atomic mass is 16.7. The number of nitrogens with one attached hydrogen (secondary N) is 1. The molecule has 0 aromatic carbocycles. The van der Waals surface area contributed by atoms with Crippen molar-refractivity contribution in [2.75, 3.05) is 13.7 Å². The molecule has 34 heavy (non-hydrogen) atoms. The number of hydrogen-bond acceptors (Lipinski definition) is 14. The average molecular weight is 497 g/mol. The van der Waals surface area contributed by atoms with Crippen LogP contribution in [0, 0.1) is 0 Å². The Kier molecular flexibility index (Phi) is 8.92. The van der Waals surface area contributed by atoms with Crippen LogP contribution in [-0.2, 0) is 18.9 Å². The van der Waals surface area contributed by atoms with Crippen LogP contribution in [-0.4, -0.2) is 135 Å². The second kappa shape index (κ2) is 10.8. The van der Waals surface area contributed by atoms with Crippen molar-refractivity contribution in [2.24, 2.45) is 17.2 Å². The minimum atomic E-state index is -1.46.